The minimum Gasteiger partial charge on any atom is -0.345 e. The topological polar surface area (TPSA) is 42.0 Å². The average molecular weight is 329 g/mol. The number of alkyl halides is 3. The number of pyridine rings is 1. The fourth-order valence-corrected chi connectivity index (χ4v) is 2.08. The molecule has 1 heterocycles. The van der Waals surface area contributed by atoms with Gasteiger partial charge in [0.1, 0.15) is 5.15 Å². The van der Waals surface area contributed by atoms with E-state index in [1.165, 1.54) is 24.4 Å². The monoisotopic (exact) mass is 328 g/mol. The van der Waals surface area contributed by atoms with Crippen molar-refractivity contribution in [3.63, 3.8) is 0 Å². The predicted molar refractivity (Wildman–Crippen MR) is 76.6 cm³/mol. The van der Waals surface area contributed by atoms with Gasteiger partial charge in [-0.1, -0.05) is 23.7 Å². The van der Waals surface area contributed by atoms with E-state index in [2.05, 4.69) is 10.3 Å². The van der Waals surface area contributed by atoms with E-state index in [1.54, 1.807) is 13.0 Å². The second-order valence-electron chi connectivity index (χ2n) is 4.66. The number of rotatable bonds is 3. The Bertz CT molecular complexity index is 671. The summed E-state index contributed by atoms with van der Waals surface area (Å²) in [6.45, 7) is 1.67. The van der Waals surface area contributed by atoms with Crippen molar-refractivity contribution in [3.05, 3.63) is 64.4 Å². The zero-order valence-corrected chi connectivity index (χ0v) is 12.2. The predicted octanol–water partition coefficient (Wildman–Crippen LogP) is 4.24. The van der Waals surface area contributed by atoms with Crippen molar-refractivity contribution in [3.8, 4) is 0 Å². The van der Waals surface area contributed by atoms with Gasteiger partial charge in [0.25, 0.3) is 5.91 Å². The van der Waals surface area contributed by atoms with Gasteiger partial charge in [0.05, 0.1) is 17.2 Å². The molecule has 0 aliphatic heterocycles. The number of hydrogen-bond acceptors (Lipinski definition) is 2. The number of benzene rings is 1. The van der Waals surface area contributed by atoms with Crippen LogP contribution in [0.25, 0.3) is 0 Å². The van der Waals surface area contributed by atoms with Crippen molar-refractivity contribution < 1.29 is 18.0 Å². The maximum absolute atomic E-state index is 12.5. The van der Waals surface area contributed by atoms with E-state index in [0.717, 1.165) is 12.1 Å². The molecule has 0 aliphatic rings. The third-order valence-corrected chi connectivity index (χ3v) is 3.39. The molecule has 1 atom stereocenters. The lowest BCUT2D eigenvalue weighted by atomic mass is 10.1. The molecule has 0 spiro atoms. The summed E-state index contributed by atoms with van der Waals surface area (Å²) in [7, 11) is 0. The molecule has 0 saturated heterocycles. The molecule has 1 unspecified atom stereocenters. The second-order valence-corrected chi connectivity index (χ2v) is 5.01. The van der Waals surface area contributed by atoms with Gasteiger partial charge in [-0.3, -0.25) is 4.79 Å². The van der Waals surface area contributed by atoms with Crippen LogP contribution in [0.1, 0.15) is 34.5 Å². The lowest BCUT2D eigenvalue weighted by Crippen LogP contribution is -2.27. The number of hydrogen-bond donors (Lipinski definition) is 1. The zero-order chi connectivity index (χ0) is 16.3. The highest BCUT2D eigenvalue weighted by Gasteiger charge is 2.30. The highest BCUT2D eigenvalue weighted by molar-refractivity contribution is 6.32. The minimum absolute atomic E-state index is 0.0691. The molecule has 1 aromatic carbocycles. The van der Waals surface area contributed by atoms with Crippen LogP contribution in [0.3, 0.4) is 0 Å². The summed E-state index contributed by atoms with van der Waals surface area (Å²) in [6.07, 6.45) is -2.92. The summed E-state index contributed by atoms with van der Waals surface area (Å²) in [5.41, 5.74) is 0.0365. The average Bonchev–Trinajstić information content (AvgIpc) is 2.46. The molecule has 3 nitrogen and oxygen atoms in total. The van der Waals surface area contributed by atoms with Gasteiger partial charge >= 0.3 is 6.18 Å². The smallest absolute Gasteiger partial charge is 0.345 e. The summed E-state index contributed by atoms with van der Waals surface area (Å²) < 4.78 is 37.5. The lowest BCUT2D eigenvalue weighted by Gasteiger charge is -2.15. The van der Waals surface area contributed by atoms with E-state index in [1.807, 2.05) is 0 Å². The molecule has 0 radical (unpaired) electrons. The van der Waals surface area contributed by atoms with Crippen molar-refractivity contribution in [2.24, 2.45) is 0 Å². The molecule has 2 rings (SSSR count). The Morgan fingerprint density at radius 2 is 1.86 bits per heavy atom. The van der Waals surface area contributed by atoms with Gasteiger partial charge in [0.2, 0.25) is 0 Å². The van der Waals surface area contributed by atoms with Crippen LogP contribution in [-0.2, 0) is 6.18 Å². The standard InChI is InChI=1S/C15H12ClF3N2O/c1-9(10-4-6-11(7-5-10)15(17,18)19)21-14(22)12-3-2-8-20-13(12)16/h2-9H,1H3,(H,21,22). The number of nitrogens with one attached hydrogen (secondary N) is 1. The van der Waals surface area contributed by atoms with Crippen molar-refractivity contribution in [2.45, 2.75) is 19.1 Å². The third-order valence-electron chi connectivity index (χ3n) is 3.09. The first-order valence-electron chi connectivity index (χ1n) is 6.37. The van der Waals surface area contributed by atoms with E-state index in [9.17, 15) is 18.0 Å². The molecule has 0 bridgehead atoms. The summed E-state index contributed by atoms with van der Waals surface area (Å²) >= 11 is 5.82. The Labute approximate surface area is 130 Å². The zero-order valence-electron chi connectivity index (χ0n) is 11.5. The number of aromatic nitrogens is 1. The molecule has 2 aromatic rings. The number of nitrogens with zero attached hydrogens (tertiary/aromatic N) is 1. The SMILES string of the molecule is CC(NC(=O)c1cccnc1Cl)c1ccc(C(F)(F)F)cc1. The first-order valence-corrected chi connectivity index (χ1v) is 6.75. The minimum atomic E-state index is -4.38. The lowest BCUT2D eigenvalue weighted by molar-refractivity contribution is -0.137. The molecule has 22 heavy (non-hydrogen) atoms. The maximum atomic E-state index is 12.5. The molecule has 0 fully saturated rings. The van der Waals surface area contributed by atoms with E-state index in [-0.39, 0.29) is 10.7 Å². The van der Waals surface area contributed by atoms with Gasteiger partial charge in [0, 0.05) is 6.20 Å². The number of halogens is 4. The van der Waals surface area contributed by atoms with Crippen LogP contribution >= 0.6 is 11.6 Å². The van der Waals surface area contributed by atoms with Crippen molar-refractivity contribution >= 4 is 17.5 Å². The normalized spacial score (nSPS) is 12.8. The molecule has 7 heteroatoms. The van der Waals surface area contributed by atoms with E-state index in [4.69, 9.17) is 11.6 Å². The number of amides is 1. The van der Waals surface area contributed by atoms with Crippen molar-refractivity contribution in [1.82, 2.24) is 10.3 Å². The van der Waals surface area contributed by atoms with Crippen LogP contribution in [0.5, 0.6) is 0 Å². The van der Waals surface area contributed by atoms with Gasteiger partial charge in [-0.2, -0.15) is 13.2 Å². The second kappa shape index (κ2) is 6.36. The molecular weight excluding hydrogens is 317 g/mol. The van der Waals surface area contributed by atoms with Crippen LogP contribution in [0.4, 0.5) is 13.2 Å². The first kappa shape index (κ1) is 16.3. The van der Waals surface area contributed by atoms with E-state index >= 15 is 0 Å². The van der Waals surface area contributed by atoms with E-state index < -0.39 is 23.7 Å². The van der Waals surface area contributed by atoms with Crippen molar-refractivity contribution in [2.75, 3.05) is 0 Å². The Hall–Kier alpha value is -2.08. The number of carbonyl (C=O) groups is 1. The molecule has 1 aromatic heterocycles. The quantitative estimate of drug-likeness (QED) is 0.856. The Kier molecular flexibility index (Phi) is 4.71. The molecular formula is C15H12ClF3N2O. The van der Waals surface area contributed by atoms with Gasteiger partial charge in [-0.05, 0) is 36.8 Å². The fourth-order valence-electron chi connectivity index (χ4n) is 1.87. The van der Waals surface area contributed by atoms with Crippen LogP contribution in [0.15, 0.2) is 42.6 Å². The molecule has 116 valence electrons. The Morgan fingerprint density at radius 1 is 1.23 bits per heavy atom. The summed E-state index contributed by atoms with van der Waals surface area (Å²) in [5, 5.41) is 2.74. The van der Waals surface area contributed by atoms with E-state index in [0.29, 0.717) is 5.56 Å². The highest BCUT2D eigenvalue weighted by Crippen LogP contribution is 2.30. The molecule has 1 N–H and O–H groups in total. The van der Waals surface area contributed by atoms with Gasteiger partial charge in [-0.15, -0.1) is 0 Å². The van der Waals surface area contributed by atoms with Crippen LogP contribution in [-0.4, -0.2) is 10.9 Å². The van der Waals surface area contributed by atoms with Crippen LogP contribution < -0.4 is 5.32 Å². The van der Waals surface area contributed by atoms with Crippen LogP contribution in [0.2, 0.25) is 5.15 Å². The van der Waals surface area contributed by atoms with Crippen molar-refractivity contribution in [1.29, 1.82) is 0 Å². The fraction of sp³-hybridized carbons (Fsp3) is 0.200. The van der Waals surface area contributed by atoms with Gasteiger partial charge in [-0.25, -0.2) is 4.98 Å². The first-order chi connectivity index (χ1) is 10.3. The van der Waals surface area contributed by atoms with Crippen LogP contribution in [0, 0.1) is 0 Å². The van der Waals surface area contributed by atoms with Gasteiger partial charge < -0.3 is 5.32 Å². The Balaban J connectivity index is 2.11. The Morgan fingerprint density at radius 3 is 2.41 bits per heavy atom. The van der Waals surface area contributed by atoms with Gasteiger partial charge in [0.15, 0.2) is 0 Å². The number of carbonyl (C=O) groups excluding carboxylic acids is 1. The summed E-state index contributed by atoms with van der Waals surface area (Å²) in [5.74, 6) is -0.439. The highest BCUT2D eigenvalue weighted by atomic mass is 35.5. The maximum Gasteiger partial charge on any atom is 0.416 e. The molecule has 1 amide bonds. The molecule has 0 saturated carbocycles. The summed E-state index contributed by atoms with van der Waals surface area (Å²) in [6, 6.07) is 7.25. The summed E-state index contributed by atoms with van der Waals surface area (Å²) in [4.78, 5) is 15.9. The third kappa shape index (κ3) is 3.76. The molecule has 0 aliphatic carbocycles. The largest absolute Gasteiger partial charge is 0.416 e.